The third kappa shape index (κ3) is 5.82. The Hall–Kier alpha value is -5.09. The van der Waals surface area contributed by atoms with E-state index in [0.717, 1.165) is 27.4 Å². The molecule has 0 unspecified atom stereocenters. The fourth-order valence-electron chi connectivity index (χ4n) is 5.45. The second-order valence-corrected chi connectivity index (χ2v) is 10.7. The Balaban J connectivity index is 1.08. The summed E-state index contributed by atoms with van der Waals surface area (Å²) in [5.74, 6) is -0.139. The molecule has 1 aromatic heterocycles. The van der Waals surface area contributed by atoms with Crippen molar-refractivity contribution in [3.8, 4) is 11.5 Å². The number of nitrogens with one attached hydrogen (secondary N) is 2. The average molecular weight is 598 g/mol. The molecule has 1 saturated heterocycles. The van der Waals surface area contributed by atoms with Crippen LogP contribution in [-0.4, -0.2) is 57.3 Å². The van der Waals surface area contributed by atoms with Crippen molar-refractivity contribution in [2.75, 3.05) is 19.7 Å². The molecule has 6 rings (SSSR count). The van der Waals surface area contributed by atoms with Gasteiger partial charge in [-0.2, -0.15) is 5.10 Å². The highest BCUT2D eigenvalue weighted by molar-refractivity contribution is 6.32. The highest BCUT2D eigenvalue weighted by atomic mass is 35.5. The van der Waals surface area contributed by atoms with Crippen LogP contribution in [0.1, 0.15) is 34.8 Å². The molecular formula is C32H28ClN5O5. The van der Waals surface area contributed by atoms with Crippen molar-refractivity contribution in [1.82, 2.24) is 19.9 Å². The molecule has 2 amide bonds. The van der Waals surface area contributed by atoms with Crippen molar-refractivity contribution >= 4 is 51.4 Å². The quantitative estimate of drug-likeness (QED) is 0.182. The Bertz CT molecular complexity index is 1920. The first-order valence-electron chi connectivity index (χ1n) is 13.8. The molecule has 0 bridgehead atoms. The van der Waals surface area contributed by atoms with Gasteiger partial charge in [0.05, 0.1) is 22.3 Å². The Labute approximate surface area is 251 Å². The molecule has 0 spiro atoms. The fraction of sp³-hybridized carbons (Fsp3) is 0.188. The molecule has 43 heavy (non-hydrogen) atoms. The smallest absolute Gasteiger partial charge is 0.326 e. The van der Waals surface area contributed by atoms with E-state index in [0.29, 0.717) is 31.7 Å². The summed E-state index contributed by atoms with van der Waals surface area (Å²) in [5.41, 5.74) is 5.03. The number of H-pyrrole nitrogens is 1. The van der Waals surface area contributed by atoms with E-state index in [2.05, 4.69) is 15.5 Å². The summed E-state index contributed by atoms with van der Waals surface area (Å²) in [6.07, 6.45) is 2.89. The number of nitrogens with zero attached hydrogens (tertiary/aromatic N) is 3. The van der Waals surface area contributed by atoms with Gasteiger partial charge in [-0.05, 0) is 60.7 Å². The van der Waals surface area contributed by atoms with E-state index in [4.69, 9.17) is 16.3 Å². The van der Waals surface area contributed by atoms with Crippen molar-refractivity contribution < 1.29 is 19.4 Å². The summed E-state index contributed by atoms with van der Waals surface area (Å²) in [7, 11) is 0. The van der Waals surface area contributed by atoms with Gasteiger partial charge in [0.15, 0.2) is 6.61 Å². The number of aromatic nitrogens is 2. The lowest BCUT2D eigenvalue weighted by Gasteiger charge is -2.32. The SMILES string of the molecule is O=C(N/N=C/c1ccc(OCC(=O)N2CCC(n3c(=O)[nH]c4ccccc43)CC2)c2ccccc12)c1ccc(O)c(Cl)c1. The van der Waals surface area contributed by atoms with Crippen LogP contribution >= 0.6 is 11.6 Å². The maximum atomic E-state index is 13.1. The lowest BCUT2D eigenvalue weighted by atomic mass is 10.0. The fourth-order valence-corrected chi connectivity index (χ4v) is 5.63. The molecule has 2 heterocycles. The summed E-state index contributed by atoms with van der Waals surface area (Å²) in [6, 6.07) is 23.0. The number of amides is 2. The zero-order valence-corrected chi connectivity index (χ0v) is 23.8. The monoisotopic (exact) mass is 597 g/mol. The van der Waals surface area contributed by atoms with Crippen LogP contribution in [0.5, 0.6) is 11.5 Å². The summed E-state index contributed by atoms with van der Waals surface area (Å²) in [5, 5.41) is 15.3. The Morgan fingerprint density at radius 2 is 1.77 bits per heavy atom. The number of hydrogen-bond donors (Lipinski definition) is 3. The number of aromatic amines is 1. The molecule has 1 fully saturated rings. The second-order valence-electron chi connectivity index (χ2n) is 10.3. The number of imidazole rings is 1. The van der Waals surface area contributed by atoms with Crippen LogP contribution in [0.15, 0.2) is 88.8 Å². The molecule has 1 aliphatic heterocycles. The summed E-state index contributed by atoms with van der Waals surface area (Å²) in [6.45, 7) is 0.967. The number of aromatic hydroxyl groups is 1. The number of phenols is 1. The molecule has 0 radical (unpaired) electrons. The number of carbonyl (C=O) groups is 2. The van der Waals surface area contributed by atoms with Crippen LogP contribution < -0.4 is 15.9 Å². The lowest BCUT2D eigenvalue weighted by Crippen LogP contribution is -2.42. The normalized spacial score (nSPS) is 14.0. The van der Waals surface area contributed by atoms with Crippen LogP contribution in [0, 0.1) is 0 Å². The van der Waals surface area contributed by atoms with Crippen molar-refractivity contribution in [3.05, 3.63) is 105 Å². The first kappa shape index (κ1) is 28.0. The average Bonchev–Trinajstić information content (AvgIpc) is 3.37. The van der Waals surface area contributed by atoms with Crippen molar-refractivity contribution in [3.63, 3.8) is 0 Å². The summed E-state index contributed by atoms with van der Waals surface area (Å²) >= 11 is 5.89. The maximum Gasteiger partial charge on any atom is 0.326 e. The largest absolute Gasteiger partial charge is 0.506 e. The van der Waals surface area contributed by atoms with Gasteiger partial charge in [0.2, 0.25) is 0 Å². The van der Waals surface area contributed by atoms with E-state index in [1.807, 2.05) is 48.5 Å². The van der Waals surface area contributed by atoms with Crippen molar-refractivity contribution in [2.45, 2.75) is 18.9 Å². The van der Waals surface area contributed by atoms with Crippen LogP contribution in [0.3, 0.4) is 0 Å². The van der Waals surface area contributed by atoms with Gasteiger partial charge < -0.3 is 19.7 Å². The number of fused-ring (bicyclic) bond motifs is 2. The van der Waals surface area contributed by atoms with E-state index in [1.54, 1.807) is 21.6 Å². The lowest BCUT2D eigenvalue weighted by molar-refractivity contribution is -0.134. The van der Waals surface area contributed by atoms with Crippen LogP contribution in [0.4, 0.5) is 0 Å². The zero-order chi connectivity index (χ0) is 29.9. The molecule has 218 valence electrons. The number of piperidine rings is 1. The molecule has 4 aromatic carbocycles. The molecule has 0 saturated carbocycles. The summed E-state index contributed by atoms with van der Waals surface area (Å²) < 4.78 is 7.79. The zero-order valence-electron chi connectivity index (χ0n) is 23.0. The van der Waals surface area contributed by atoms with Gasteiger partial charge in [0.1, 0.15) is 11.5 Å². The minimum absolute atomic E-state index is 0.0236. The standard InChI is InChI=1S/C32H28ClN5O5/c33-25-17-20(9-11-28(25)39)31(41)36-34-18-21-10-12-29(24-6-2-1-5-23(21)24)43-19-30(40)37-15-13-22(14-16-37)38-27-8-4-3-7-26(27)35-32(38)42/h1-12,17-18,22,39H,13-16,19H2,(H,35,42)(H,36,41)/b34-18+. The number of carbonyl (C=O) groups excluding carboxylic acids is 2. The molecule has 10 nitrogen and oxygen atoms in total. The van der Waals surface area contributed by atoms with Gasteiger partial charge in [-0.3, -0.25) is 14.2 Å². The number of hydrazone groups is 1. The van der Waals surface area contributed by atoms with Crippen molar-refractivity contribution in [1.29, 1.82) is 0 Å². The van der Waals surface area contributed by atoms with E-state index in [1.165, 1.54) is 24.4 Å². The minimum Gasteiger partial charge on any atom is -0.506 e. The van der Waals surface area contributed by atoms with E-state index < -0.39 is 5.91 Å². The summed E-state index contributed by atoms with van der Waals surface area (Å²) in [4.78, 5) is 42.7. The first-order valence-corrected chi connectivity index (χ1v) is 14.2. The molecule has 1 aliphatic rings. The van der Waals surface area contributed by atoms with Gasteiger partial charge in [-0.1, -0.05) is 48.0 Å². The van der Waals surface area contributed by atoms with E-state index >= 15 is 0 Å². The third-order valence-corrected chi connectivity index (χ3v) is 7.96. The maximum absolute atomic E-state index is 13.1. The molecule has 3 N–H and O–H groups in total. The molecule has 0 aliphatic carbocycles. The number of likely N-dealkylation sites (tertiary alicyclic amines) is 1. The molecular weight excluding hydrogens is 570 g/mol. The molecule has 5 aromatic rings. The number of ether oxygens (including phenoxy) is 1. The number of halogens is 1. The van der Waals surface area contributed by atoms with E-state index in [9.17, 15) is 19.5 Å². The van der Waals surface area contributed by atoms with Gasteiger partial charge >= 0.3 is 5.69 Å². The molecule has 0 atom stereocenters. The Morgan fingerprint density at radius 1 is 1.02 bits per heavy atom. The first-order chi connectivity index (χ1) is 20.9. The third-order valence-electron chi connectivity index (χ3n) is 7.65. The number of phenolic OH excluding ortho intramolecular Hbond substituents is 1. The number of benzene rings is 4. The minimum atomic E-state index is -0.474. The Morgan fingerprint density at radius 3 is 2.56 bits per heavy atom. The van der Waals surface area contributed by atoms with Crippen molar-refractivity contribution in [2.24, 2.45) is 5.10 Å². The predicted molar refractivity (Wildman–Crippen MR) is 165 cm³/mol. The van der Waals surface area contributed by atoms with Gasteiger partial charge in [-0.25, -0.2) is 10.2 Å². The van der Waals surface area contributed by atoms with Crippen LogP contribution in [0.25, 0.3) is 21.8 Å². The highest BCUT2D eigenvalue weighted by Crippen LogP contribution is 2.29. The topological polar surface area (TPSA) is 129 Å². The van der Waals surface area contributed by atoms with E-state index in [-0.39, 0.29) is 40.6 Å². The Kier molecular flexibility index (Phi) is 7.84. The van der Waals surface area contributed by atoms with Crippen LogP contribution in [0.2, 0.25) is 5.02 Å². The number of rotatable bonds is 7. The number of para-hydroxylation sites is 2. The predicted octanol–water partition coefficient (Wildman–Crippen LogP) is 4.85. The van der Waals surface area contributed by atoms with Gasteiger partial charge in [0, 0.05) is 35.6 Å². The van der Waals surface area contributed by atoms with Gasteiger partial charge in [-0.15, -0.1) is 0 Å². The second kappa shape index (κ2) is 12.0. The molecule has 11 heteroatoms. The number of hydrogen-bond acceptors (Lipinski definition) is 6. The van der Waals surface area contributed by atoms with Crippen LogP contribution in [-0.2, 0) is 4.79 Å². The highest BCUT2D eigenvalue weighted by Gasteiger charge is 2.26. The van der Waals surface area contributed by atoms with Gasteiger partial charge in [0.25, 0.3) is 11.8 Å².